The molecule has 0 unspecified atom stereocenters. The molecule has 0 fully saturated rings. The summed E-state index contributed by atoms with van der Waals surface area (Å²) in [5, 5.41) is 0. The van der Waals surface area contributed by atoms with Crippen LogP contribution in [0.5, 0.6) is 0 Å². The van der Waals surface area contributed by atoms with E-state index in [1.165, 1.54) is 50.3 Å². The lowest BCUT2D eigenvalue weighted by atomic mass is 9.82. The van der Waals surface area contributed by atoms with Crippen molar-refractivity contribution in [2.45, 2.75) is 52.5 Å². The van der Waals surface area contributed by atoms with Gasteiger partial charge in [0, 0.05) is 22.3 Å². The summed E-state index contributed by atoms with van der Waals surface area (Å²) in [4.78, 5) is 2.49. The molecule has 1 heteroatoms. The van der Waals surface area contributed by atoms with E-state index in [0.717, 1.165) is 0 Å². The molecule has 0 saturated heterocycles. The Kier molecular flexibility index (Phi) is 4.97. The van der Waals surface area contributed by atoms with Gasteiger partial charge in [-0.05, 0) is 84.8 Å². The second-order valence-corrected chi connectivity index (χ2v) is 10.7. The zero-order chi connectivity index (χ0) is 23.4. The van der Waals surface area contributed by atoms with Crippen molar-refractivity contribution in [3.63, 3.8) is 0 Å². The van der Waals surface area contributed by atoms with Gasteiger partial charge in [-0.3, -0.25) is 0 Å². The lowest BCUT2D eigenvalue weighted by Gasteiger charge is -2.39. The highest BCUT2D eigenvalue weighted by molar-refractivity contribution is 5.88. The number of benzene rings is 4. The van der Waals surface area contributed by atoms with Crippen molar-refractivity contribution in [1.82, 2.24) is 0 Å². The van der Waals surface area contributed by atoms with Gasteiger partial charge in [0.15, 0.2) is 0 Å². The Morgan fingerprint density at radius 2 is 1.24 bits per heavy atom. The lowest BCUT2D eigenvalue weighted by Crippen LogP contribution is -2.38. The normalized spacial score (nSPS) is 14.0. The molecule has 0 N–H and O–H groups in total. The number of hydrogen-bond donors (Lipinski definition) is 0. The molecule has 1 aliphatic carbocycles. The van der Waals surface area contributed by atoms with Crippen LogP contribution in [-0.2, 0) is 5.41 Å². The van der Waals surface area contributed by atoms with Crippen LogP contribution in [0.4, 0.5) is 11.4 Å². The molecule has 33 heavy (non-hydrogen) atoms. The van der Waals surface area contributed by atoms with Gasteiger partial charge in [0.1, 0.15) is 0 Å². The number of fused-ring (bicyclic) bond motifs is 3. The number of hydrogen-bond acceptors (Lipinski definition) is 1. The molecule has 1 aliphatic rings. The van der Waals surface area contributed by atoms with Crippen LogP contribution in [0.25, 0.3) is 22.3 Å². The Labute approximate surface area is 198 Å². The van der Waals surface area contributed by atoms with Gasteiger partial charge in [0.2, 0.25) is 0 Å². The van der Waals surface area contributed by atoms with Crippen LogP contribution in [0.15, 0.2) is 91.0 Å². The largest absolute Gasteiger partial charge is 0.336 e. The summed E-state index contributed by atoms with van der Waals surface area (Å²) < 4.78 is 0. The van der Waals surface area contributed by atoms with Gasteiger partial charge >= 0.3 is 0 Å². The SMILES string of the molecule is Cc1c(N(c2ccc(-c3ccccc3)cc2)C(C)(C)C)ccc2c1-c1ccccc1C2(C)C. The molecule has 0 saturated carbocycles. The van der Waals surface area contributed by atoms with Gasteiger partial charge in [-0.2, -0.15) is 0 Å². The van der Waals surface area contributed by atoms with Crippen molar-refractivity contribution in [1.29, 1.82) is 0 Å². The van der Waals surface area contributed by atoms with Crippen molar-refractivity contribution in [3.8, 4) is 22.3 Å². The zero-order valence-electron chi connectivity index (χ0n) is 20.6. The average molecular weight is 432 g/mol. The molecule has 4 aromatic rings. The van der Waals surface area contributed by atoms with Crippen LogP contribution < -0.4 is 4.90 Å². The molecule has 1 nitrogen and oxygen atoms in total. The van der Waals surface area contributed by atoms with E-state index in [1.807, 2.05) is 0 Å². The number of rotatable bonds is 3. The third kappa shape index (κ3) is 3.47. The molecule has 0 atom stereocenters. The predicted octanol–water partition coefficient (Wildman–Crippen LogP) is 8.90. The molecule has 0 radical (unpaired) electrons. The van der Waals surface area contributed by atoms with Crippen molar-refractivity contribution in [2.24, 2.45) is 0 Å². The average Bonchev–Trinajstić information content (AvgIpc) is 3.03. The summed E-state index contributed by atoms with van der Waals surface area (Å²) in [6, 6.07) is 33.2. The maximum absolute atomic E-state index is 2.49. The third-order valence-electron chi connectivity index (χ3n) is 7.12. The smallest absolute Gasteiger partial charge is 0.0451 e. The van der Waals surface area contributed by atoms with Gasteiger partial charge in [0.05, 0.1) is 0 Å². The molecule has 4 aromatic carbocycles. The molecule has 0 spiro atoms. The highest BCUT2D eigenvalue weighted by Gasteiger charge is 2.37. The fourth-order valence-corrected chi connectivity index (χ4v) is 5.52. The van der Waals surface area contributed by atoms with Gasteiger partial charge in [-0.25, -0.2) is 0 Å². The lowest BCUT2D eigenvalue weighted by molar-refractivity contribution is 0.559. The molecular formula is C32H33N. The Balaban J connectivity index is 1.64. The van der Waals surface area contributed by atoms with E-state index in [-0.39, 0.29) is 11.0 Å². The predicted molar refractivity (Wildman–Crippen MR) is 143 cm³/mol. The minimum absolute atomic E-state index is 0.0269. The highest BCUT2D eigenvalue weighted by atomic mass is 15.2. The van der Waals surface area contributed by atoms with Crippen molar-refractivity contribution in [2.75, 3.05) is 4.90 Å². The monoisotopic (exact) mass is 431 g/mol. The molecule has 0 aliphatic heterocycles. The molecule has 0 heterocycles. The second-order valence-electron chi connectivity index (χ2n) is 10.7. The van der Waals surface area contributed by atoms with Crippen molar-refractivity contribution >= 4 is 11.4 Å². The molecule has 0 aromatic heterocycles. The Bertz CT molecular complexity index is 1310. The molecule has 5 rings (SSSR count). The van der Waals surface area contributed by atoms with Gasteiger partial charge in [-0.15, -0.1) is 0 Å². The van der Waals surface area contributed by atoms with Crippen LogP contribution in [0.3, 0.4) is 0 Å². The standard InChI is InChI=1S/C32H33N/c1-22-29(21-20-28-30(22)26-14-10-11-15-27(26)32(28,5)6)33(31(2,3)4)25-18-16-24(17-19-25)23-12-8-7-9-13-23/h7-21H,1-6H3. The van der Waals surface area contributed by atoms with Gasteiger partial charge in [0.25, 0.3) is 0 Å². The first kappa shape index (κ1) is 21.5. The summed E-state index contributed by atoms with van der Waals surface area (Å²) in [6.45, 7) is 13.9. The quantitative estimate of drug-likeness (QED) is 0.313. The maximum Gasteiger partial charge on any atom is 0.0451 e. The van der Waals surface area contributed by atoms with E-state index >= 15 is 0 Å². The van der Waals surface area contributed by atoms with Crippen molar-refractivity contribution < 1.29 is 0 Å². The minimum Gasteiger partial charge on any atom is -0.336 e. The first-order valence-electron chi connectivity index (χ1n) is 11.9. The number of nitrogens with zero attached hydrogens (tertiary/aromatic N) is 1. The summed E-state index contributed by atoms with van der Waals surface area (Å²) >= 11 is 0. The second kappa shape index (κ2) is 7.63. The maximum atomic E-state index is 2.49. The van der Waals surface area contributed by atoms with Gasteiger partial charge < -0.3 is 4.90 Å². The summed E-state index contributed by atoms with van der Waals surface area (Å²) in [5.41, 5.74) is 11.9. The molecule has 0 amide bonds. The van der Waals surface area contributed by atoms with Crippen LogP contribution in [-0.4, -0.2) is 5.54 Å². The highest BCUT2D eigenvalue weighted by Crippen LogP contribution is 2.52. The topological polar surface area (TPSA) is 3.24 Å². The van der Waals surface area contributed by atoms with E-state index in [2.05, 4.69) is 137 Å². The summed E-state index contributed by atoms with van der Waals surface area (Å²) in [6.07, 6.45) is 0. The van der Waals surface area contributed by atoms with E-state index in [0.29, 0.717) is 0 Å². The Hall–Kier alpha value is -3.32. The number of anilines is 2. The first-order valence-corrected chi connectivity index (χ1v) is 11.9. The fourth-order valence-electron chi connectivity index (χ4n) is 5.52. The fraction of sp³-hybridized carbons (Fsp3) is 0.250. The van der Waals surface area contributed by atoms with Crippen LogP contribution >= 0.6 is 0 Å². The first-order chi connectivity index (χ1) is 15.7. The minimum atomic E-state index is -0.0686. The Morgan fingerprint density at radius 3 is 1.91 bits per heavy atom. The van der Waals surface area contributed by atoms with E-state index in [9.17, 15) is 0 Å². The van der Waals surface area contributed by atoms with Gasteiger partial charge in [-0.1, -0.05) is 86.6 Å². The zero-order valence-corrected chi connectivity index (χ0v) is 20.6. The van der Waals surface area contributed by atoms with E-state index < -0.39 is 0 Å². The third-order valence-corrected chi connectivity index (χ3v) is 7.12. The Morgan fingerprint density at radius 1 is 0.636 bits per heavy atom. The van der Waals surface area contributed by atoms with E-state index in [1.54, 1.807) is 0 Å². The summed E-state index contributed by atoms with van der Waals surface area (Å²) in [5.74, 6) is 0. The molecular weight excluding hydrogens is 398 g/mol. The van der Waals surface area contributed by atoms with Crippen molar-refractivity contribution in [3.05, 3.63) is 108 Å². The summed E-state index contributed by atoms with van der Waals surface area (Å²) in [7, 11) is 0. The van der Waals surface area contributed by atoms with E-state index in [4.69, 9.17) is 0 Å². The van der Waals surface area contributed by atoms with Crippen LogP contribution in [0, 0.1) is 6.92 Å². The van der Waals surface area contributed by atoms with Crippen LogP contribution in [0.1, 0.15) is 51.3 Å². The molecule has 166 valence electrons. The molecule has 0 bridgehead atoms. The van der Waals surface area contributed by atoms with Crippen LogP contribution in [0.2, 0.25) is 0 Å².